The Kier molecular flexibility index (Phi) is 2.91. The quantitative estimate of drug-likeness (QED) is 0.678. The molecular formula is C11H16FN. The van der Waals surface area contributed by atoms with E-state index in [1.54, 1.807) is 6.07 Å². The van der Waals surface area contributed by atoms with Crippen LogP contribution in [-0.4, -0.2) is 14.1 Å². The molecule has 0 N–H and O–H groups in total. The molecule has 0 bridgehead atoms. The number of benzene rings is 1. The van der Waals surface area contributed by atoms with Crippen molar-refractivity contribution in [2.75, 3.05) is 19.0 Å². The standard InChI is InChI=1S/C11H16FN/c1-8(2)10-6-5-9(12)7-11(10)13(3)4/h5-8H,1-4H3. The summed E-state index contributed by atoms with van der Waals surface area (Å²) in [6.07, 6.45) is 0. The Morgan fingerprint density at radius 2 is 1.85 bits per heavy atom. The van der Waals surface area contributed by atoms with Gasteiger partial charge in [0.05, 0.1) is 0 Å². The van der Waals surface area contributed by atoms with Crippen molar-refractivity contribution in [3.63, 3.8) is 0 Å². The van der Waals surface area contributed by atoms with Crippen LogP contribution in [0.5, 0.6) is 0 Å². The molecule has 1 aromatic carbocycles. The van der Waals surface area contributed by atoms with Crippen LogP contribution < -0.4 is 4.90 Å². The molecule has 0 unspecified atom stereocenters. The molecule has 0 heterocycles. The Balaban J connectivity index is 3.19. The van der Waals surface area contributed by atoms with E-state index in [9.17, 15) is 4.39 Å². The first kappa shape index (κ1) is 10.0. The number of hydrogen-bond acceptors (Lipinski definition) is 1. The minimum absolute atomic E-state index is 0.173. The van der Waals surface area contributed by atoms with Gasteiger partial charge in [0.1, 0.15) is 5.82 Å². The first-order chi connectivity index (χ1) is 6.02. The number of hydrogen-bond donors (Lipinski definition) is 0. The highest BCUT2D eigenvalue weighted by molar-refractivity contribution is 5.54. The average molecular weight is 181 g/mol. The molecule has 1 nitrogen and oxygen atoms in total. The van der Waals surface area contributed by atoms with E-state index in [0.717, 1.165) is 5.69 Å². The predicted molar refractivity (Wildman–Crippen MR) is 54.8 cm³/mol. The highest BCUT2D eigenvalue weighted by Gasteiger charge is 2.08. The van der Waals surface area contributed by atoms with Gasteiger partial charge in [-0.1, -0.05) is 19.9 Å². The van der Waals surface area contributed by atoms with Crippen molar-refractivity contribution in [2.45, 2.75) is 19.8 Å². The molecule has 0 fully saturated rings. The Hall–Kier alpha value is -1.05. The highest BCUT2D eigenvalue weighted by atomic mass is 19.1. The van der Waals surface area contributed by atoms with Gasteiger partial charge in [-0.3, -0.25) is 0 Å². The fourth-order valence-electron chi connectivity index (χ4n) is 1.39. The van der Waals surface area contributed by atoms with E-state index in [4.69, 9.17) is 0 Å². The molecule has 0 aromatic heterocycles. The minimum Gasteiger partial charge on any atom is -0.377 e. The van der Waals surface area contributed by atoms with Crippen molar-refractivity contribution in [3.05, 3.63) is 29.6 Å². The van der Waals surface area contributed by atoms with Crippen LogP contribution in [0.2, 0.25) is 0 Å². The lowest BCUT2D eigenvalue weighted by molar-refractivity contribution is 0.626. The zero-order valence-electron chi connectivity index (χ0n) is 8.63. The van der Waals surface area contributed by atoms with Crippen LogP contribution in [0.15, 0.2) is 18.2 Å². The predicted octanol–water partition coefficient (Wildman–Crippen LogP) is 3.02. The summed E-state index contributed by atoms with van der Waals surface area (Å²) in [5.74, 6) is 0.256. The van der Waals surface area contributed by atoms with Gasteiger partial charge in [0.15, 0.2) is 0 Å². The molecule has 2 heteroatoms. The molecular weight excluding hydrogens is 165 g/mol. The first-order valence-electron chi connectivity index (χ1n) is 4.49. The van der Waals surface area contributed by atoms with Gasteiger partial charge in [-0.2, -0.15) is 0 Å². The first-order valence-corrected chi connectivity index (χ1v) is 4.49. The summed E-state index contributed by atoms with van der Waals surface area (Å²) in [6.45, 7) is 4.22. The van der Waals surface area contributed by atoms with Crippen LogP contribution in [0.1, 0.15) is 25.3 Å². The zero-order chi connectivity index (χ0) is 10.0. The summed E-state index contributed by atoms with van der Waals surface area (Å²) in [5.41, 5.74) is 2.15. The minimum atomic E-state index is -0.173. The molecule has 0 amide bonds. The summed E-state index contributed by atoms with van der Waals surface area (Å²) in [5, 5.41) is 0. The summed E-state index contributed by atoms with van der Waals surface area (Å²) in [7, 11) is 3.86. The Morgan fingerprint density at radius 1 is 1.23 bits per heavy atom. The molecule has 0 spiro atoms. The fourth-order valence-corrected chi connectivity index (χ4v) is 1.39. The third-order valence-corrected chi connectivity index (χ3v) is 2.10. The van der Waals surface area contributed by atoms with E-state index in [-0.39, 0.29) is 5.82 Å². The second-order valence-electron chi connectivity index (χ2n) is 3.75. The van der Waals surface area contributed by atoms with Crippen LogP contribution in [0.3, 0.4) is 0 Å². The van der Waals surface area contributed by atoms with Crippen LogP contribution in [0.25, 0.3) is 0 Å². The van der Waals surface area contributed by atoms with Gasteiger partial charge in [-0.05, 0) is 23.6 Å². The maximum atomic E-state index is 12.9. The topological polar surface area (TPSA) is 3.24 Å². The number of halogens is 1. The summed E-state index contributed by atoms with van der Waals surface area (Å²) < 4.78 is 12.9. The normalized spacial score (nSPS) is 10.6. The van der Waals surface area contributed by atoms with Crippen molar-refractivity contribution < 1.29 is 4.39 Å². The second kappa shape index (κ2) is 3.77. The second-order valence-corrected chi connectivity index (χ2v) is 3.75. The number of nitrogens with zero attached hydrogens (tertiary/aromatic N) is 1. The molecule has 0 saturated heterocycles. The van der Waals surface area contributed by atoms with E-state index in [1.165, 1.54) is 11.6 Å². The lowest BCUT2D eigenvalue weighted by atomic mass is 10.0. The summed E-state index contributed by atoms with van der Waals surface area (Å²) in [4.78, 5) is 1.94. The van der Waals surface area contributed by atoms with Gasteiger partial charge in [-0.15, -0.1) is 0 Å². The zero-order valence-corrected chi connectivity index (χ0v) is 8.63. The van der Waals surface area contributed by atoms with Gasteiger partial charge >= 0.3 is 0 Å². The van der Waals surface area contributed by atoms with E-state index < -0.39 is 0 Å². The largest absolute Gasteiger partial charge is 0.377 e. The molecule has 1 aromatic rings. The molecule has 72 valence electrons. The maximum Gasteiger partial charge on any atom is 0.125 e. The lowest BCUT2D eigenvalue weighted by Crippen LogP contribution is -2.12. The van der Waals surface area contributed by atoms with E-state index >= 15 is 0 Å². The number of rotatable bonds is 2. The van der Waals surface area contributed by atoms with Crippen molar-refractivity contribution in [3.8, 4) is 0 Å². The molecule has 0 radical (unpaired) electrons. The van der Waals surface area contributed by atoms with Crippen LogP contribution >= 0.6 is 0 Å². The molecule has 1 rings (SSSR count). The molecule has 0 atom stereocenters. The third-order valence-electron chi connectivity index (χ3n) is 2.10. The van der Waals surface area contributed by atoms with Crippen molar-refractivity contribution in [1.82, 2.24) is 0 Å². The van der Waals surface area contributed by atoms with Crippen molar-refractivity contribution in [2.24, 2.45) is 0 Å². The molecule has 0 aliphatic rings. The van der Waals surface area contributed by atoms with Crippen LogP contribution in [0, 0.1) is 5.82 Å². The summed E-state index contributed by atoms with van der Waals surface area (Å²) >= 11 is 0. The van der Waals surface area contributed by atoms with E-state index in [2.05, 4.69) is 13.8 Å². The number of anilines is 1. The molecule has 13 heavy (non-hydrogen) atoms. The van der Waals surface area contributed by atoms with Crippen molar-refractivity contribution >= 4 is 5.69 Å². The van der Waals surface area contributed by atoms with Gasteiger partial charge in [0, 0.05) is 19.8 Å². The van der Waals surface area contributed by atoms with Gasteiger partial charge in [-0.25, -0.2) is 4.39 Å². The summed E-state index contributed by atoms with van der Waals surface area (Å²) in [6, 6.07) is 4.95. The Morgan fingerprint density at radius 3 is 2.31 bits per heavy atom. The smallest absolute Gasteiger partial charge is 0.125 e. The SMILES string of the molecule is CC(C)c1ccc(F)cc1N(C)C. The van der Waals surface area contributed by atoms with Crippen LogP contribution in [-0.2, 0) is 0 Å². The molecule has 0 aliphatic carbocycles. The van der Waals surface area contributed by atoms with Gasteiger partial charge in [0.2, 0.25) is 0 Å². The van der Waals surface area contributed by atoms with Crippen molar-refractivity contribution in [1.29, 1.82) is 0 Å². The van der Waals surface area contributed by atoms with Gasteiger partial charge < -0.3 is 4.90 Å². The maximum absolute atomic E-state index is 12.9. The molecule has 0 aliphatic heterocycles. The molecule has 0 saturated carbocycles. The van der Waals surface area contributed by atoms with E-state index in [1.807, 2.05) is 25.1 Å². The van der Waals surface area contributed by atoms with Crippen LogP contribution in [0.4, 0.5) is 10.1 Å². The highest BCUT2D eigenvalue weighted by Crippen LogP contribution is 2.26. The monoisotopic (exact) mass is 181 g/mol. The van der Waals surface area contributed by atoms with E-state index in [0.29, 0.717) is 5.92 Å². The average Bonchev–Trinajstić information content (AvgIpc) is 2.03. The Bertz CT molecular complexity index is 292. The Labute approximate surface area is 79.2 Å². The van der Waals surface area contributed by atoms with Gasteiger partial charge in [0.25, 0.3) is 0 Å². The third kappa shape index (κ3) is 2.20. The fraction of sp³-hybridized carbons (Fsp3) is 0.455. The lowest BCUT2D eigenvalue weighted by Gasteiger charge is -2.19.